The van der Waals surface area contributed by atoms with E-state index in [1.54, 1.807) is 13.8 Å². The van der Waals surface area contributed by atoms with Gasteiger partial charge in [0.2, 0.25) is 0 Å². The van der Waals surface area contributed by atoms with Crippen LogP contribution in [-0.2, 0) is 17.6 Å². The van der Waals surface area contributed by atoms with E-state index in [0.717, 1.165) is 36.2 Å². The van der Waals surface area contributed by atoms with Crippen molar-refractivity contribution in [1.82, 2.24) is 15.1 Å². The average Bonchev–Trinajstić information content (AvgIpc) is 3.14. The molecule has 3 rings (SSSR count). The molecule has 0 spiro atoms. The number of nitrogens with one attached hydrogen (secondary N) is 1. The predicted octanol–water partition coefficient (Wildman–Crippen LogP) is 2.20. The lowest BCUT2D eigenvalue weighted by molar-refractivity contribution is -0.140. The van der Waals surface area contributed by atoms with Gasteiger partial charge in [-0.05, 0) is 37.3 Å². The fraction of sp³-hybridized carbons (Fsp3) is 0.389. The van der Waals surface area contributed by atoms with Crippen LogP contribution in [0.25, 0.3) is 5.69 Å². The third-order valence-electron chi connectivity index (χ3n) is 4.37. The van der Waals surface area contributed by atoms with Crippen molar-refractivity contribution in [3.63, 3.8) is 0 Å². The van der Waals surface area contributed by atoms with E-state index in [1.165, 1.54) is 0 Å². The summed E-state index contributed by atoms with van der Waals surface area (Å²) < 4.78 is 1.81. The second-order valence-corrected chi connectivity index (χ2v) is 6.41. The molecule has 1 aliphatic rings. The molecule has 0 bridgehead atoms. The molecule has 1 amide bonds. The highest BCUT2D eigenvalue weighted by atomic mass is 16.4. The van der Waals surface area contributed by atoms with E-state index < -0.39 is 17.9 Å². The summed E-state index contributed by atoms with van der Waals surface area (Å²) in [5.41, 5.74) is 3.23. The number of hydrogen-bond donors (Lipinski definition) is 2. The molecule has 0 fully saturated rings. The van der Waals surface area contributed by atoms with Crippen molar-refractivity contribution in [2.45, 2.75) is 39.2 Å². The number of rotatable bonds is 5. The monoisotopic (exact) mass is 327 g/mol. The lowest BCUT2D eigenvalue weighted by Crippen LogP contribution is -2.44. The van der Waals surface area contributed by atoms with Crippen molar-refractivity contribution in [3.8, 4) is 5.69 Å². The molecule has 0 aliphatic heterocycles. The minimum absolute atomic E-state index is 0.198. The van der Waals surface area contributed by atoms with E-state index >= 15 is 0 Å². The van der Waals surface area contributed by atoms with E-state index in [2.05, 4.69) is 10.4 Å². The standard InChI is InChI=1S/C18H21N3O3/c1-11(2)15(18(23)24)19-17(22)16-13-9-6-10-14(13)21(20-16)12-7-4-3-5-8-12/h3-5,7-8,11,15H,6,9-10H2,1-2H3,(H,19,22)(H,23,24)/t15-/m1/s1. The quantitative estimate of drug-likeness (QED) is 0.882. The van der Waals surface area contributed by atoms with E-state index in [0.29, 0.717) is 5.69 Å². The Morgan fingerprint density at radius 3 is 2.54 bits per heavy atom. The van der Waals surface area contributed by atoms with E-state index in [4.69, 9.17) is 0 Å². The Morgan fingerprint density at radius 2 is 1.92 bits per heavy atom. The summed E-state index contributed by atoms with van der Waals surface area (Å²) in [6.45, 7) is 3.54. The number of fused-ring (bicyclic) bond motifs is 1. The summed E-state index contributed by atoms with van der Waals surface area (Å²) in [4.78, 5) is 23.9. The Bertz CT molecular complexity index is 765. The molecule has 126 valence electrons. The zero-order valence-electron chi connectivity index (χ0n) is 13.8. The van der Waals surface area contributed by atoms with Crippen molar-refractivity contribution >= 4 is 11.9 Å². The summed E-state index contributed by atoms with van der Waals surface area (Å²) in [6.07, 6.45) is 2.65. The van der Waals surface area contributed by atoms with Gasteiger partial charge in [-0.1, -0.05) is 32.0 Å². The number of carboxylic acid groups (broad SMARTS) is 1. The average molecular weight is 327 g/mol. The van der Waals surface area contributed by atoms with Gasteiger partial charge < -0.3 is 10.4 Å². The van der Waals surface area contributed by atoms with Gasteiger partial charge in [-0.25, -0.2) is 9.48 Å². The van der Waals surface area contributed by atoms with Crippen molar-refractivity contribution in [2.75, 3.05) is 0 Å². The molecule has 1 heterocycles. The Labute approximate surface area is 140 Å². The molecule has 1 aromatic heterocycles. The highest BCUT2D eigenvalue weighted by Gasteiger charge is 2.30. The molecular formula is C18H21N3O3. The molecule has 24 heavy (non-hydrogen) atoms. The van der Waals surface area contributed by atoms with Crippen LogP contribution in [0.5, 0.6) is 0 Å². The molecule has 0 radical (unpaired) electrons. The molecule has 2 N–H and O–H groups in total. The maximum absolute atomic E-state index is 12.6. The minimum atomic E-state index is -1.03. The molecule has 6 heteroatoms. The van der Waals surface area contributed by atoms with Gasteiger partial charge in [0.1, 0.15) is 6.04 Å². The summed E-state index contributed by atoms with van der Waals surface area (Å²) in [7, 11) is 0. The number of carbonyl (C=O) groups excluding carboxylic acids is 1. The molecule has 0 saturated heterocycles. The molecule has 1 atom stereocenters. The Balaban J connectivity index is 1.95. The van der Waals surface area contributed by atoms with E-state index in [-0.39, 0.29) is 5.92 Å². The van der Waals surface area contributed by atoms with E-state index in [9.17, 15) is 14.7 Å². The number of amides is 1. The molecule has 6 nitrogen and oxygen atoms in total. The lowest BCUT2D eigenvalue weighted by Gasteiger charge is -2.17. The first-order chi connectivity index (χ1) is 11.5. The summed E-state index contributed by atoms with van der Waals surface area (Å²) in [6, 6.07) is 8.76. The Kier molecular flexibility index (Phi) is 4.38. The highest BCUT2D eigenvalue weighted by Crippen LogP contribution is 2.27. The van der Waals surface area contributed by atoms with Gasteiger partial charge >= 0.3 is 5.97 Å². The van der Waals surface area contributed by atoms with Crippen molar-refractivity contribution < 1.29 is 14.7 Å². The first-order valence-corrected chi connectivity index (χ1v) is 8.19. The second-order valence-electron chi connectivity index (χ2n) is 6.41. The number of benzene rings is 1. The fourth-order valence-electron chi connectivity index (χ4n) is 3.13. The minimum Gasteiger partial charge on any atom is -0.480 e. The normalized spacial score (nSPS) is 14.5. The third-order valence-corrected chi connectivity index (χ3v) is 4.37. The number of nitrogens with zero attached hydrogens (tertiary/aromatic N) is 2. The second kappa shape index (κ2) is 6.47. The molecule has 0 unspecified atom stereocenters. The molecular weight excluding hydrogens is 306 g/mol. The maximum atomic E-state index is 12.6. The number of aliphatic carboxylic acids is 1. The van der Waals surface area contributed by atoms with Gasteiger partial charge in [0.05, 0.1) is 5.69 Å². The summed E-state index contributed by atoms with van der Waals surface area (Å²) in [5, 5.41) is 16.4. The van der Waals surface area contributed by atoms with Crippen LogP contribution in [0.15, 0.2) is 30.3 Å². The summed E-state index contributed by atoms with van der Waals surface area (Å²) >= 11 is 0. The lowest BCUT2D eigenvalue weighted by atomic mass is 10.0. The number of carboxylic acids is 1. The van der Waals surface area contributed by atoms with Crippen molar-refractivity contribution in [3.05, 3.63) is 47.3 Å². The number of hydrogen-bond acceptors (Lipinski definition) is 3. The predicted molar refractivity (Wildman–Crippen MR) is 89.3 cm³/mol. The Morgan fingerprint density at radius 1 is 1.21 bits per heavy atom. The van der Waals surface area contributed by atoms with Gasteiger partial charge in [-0.2, -0.15) is 5.10 Å². The SMILES string of the molecule is CC(C)[C@@H](NC(=O)c1nn(-c2ccccc2)c2c1CCC2)C(=O)O. The van der Waals surface area contributed by atoms with Crippen LogP contribution in [0.4, 0.5) is 0 Å². The first kappa shape index (κ1) is 16.2. The van der Waals surface area contributed by atoms with Crippen molar-refractivity contribution in [1.29, 1.82) is 0 Å². The zero-order chi connectivity index (χ0) is 17.3. The van der Waals surface area contributed by atoms with Gasteiger partial charge in [0.15, 0.2) is 5.69 Å². The number of aromatic nitrogens is 2. The molecule has 0 saturated carbocycles. The third kappa shape index (κ3) is 2.91. The van der Waals surface area contributed by atoms with Gasteiger partial charge in [-0.15, -0.1) is 0 Å². The largest absolute Gasteiger partial charge is 0.480 e. The fourth-order valence-corrected chi connectivity index (χ4v) is 3.13. The van der Waals surface area contributed by atoms with Crippen LogP contribution in [-0.4, -0.2) is 32.8 Å². The van der Waals surface area contributed by atoms with E-state index in [1.807, 2.05) is 35.0 Å². The van der Waals surface area contributed by atoms with Crippen LogP contribution >= 0.6 is 0 Å². The zero-order valence-corrected chi connectivity index (χ0v) is 13.8. The van der Waals surface area contributed by atoms with Crippen LogP contribution in [0.3, 0.4) is 0 Å². The Hall–Kier alpha value is -2.63. The number of para-hydroxylation sites is 1. The highest BCUT2D eigenvalue weighted by molar-refractivity contribution is 5.96. The van der Waals surface area contributed by atoms with Gasteiger partial charge in [-0.3, -0.25) is 4.79 Å². The van der Waals surface area contributed by atoms with Crippen molar-refractivity contribution in [2.24, 2.45) is 5.92 Å². The molecule has 1 aliphatic carbocycles. The number of carbonyl (C=O) groups is 2. The molecule has 1 aromatic carbocycles. The van der Waals surface area contributed by atoms with Crippen LogP contribution in [0, 0.1) is 5.92 Å². The van der Waals surface area contributed by atoms with Crippen LogP contribution < -0.4 is 5.32 Å². The summed E-state index contributed by atoms with van der Waals surface area (Å²) in [5.74, 6) is -1.64. The van der Waals surface area contributed by atoms with Gasteiger partial charge in [0.25, 0.3) is 5.91 Å². The topological polar surface area (TPSA) is 84.2 Å². The maximum Gasteiger partial charge on any atom is 0.326 e. The smallest absolute Gasteiger partial charge is 0.326 e. The van der Waals surface area contributed by atoms with Crippen LogP contribution in [0.2, 0.25) is 0 Å². The van der Waals surface area contributed by atoms with Crippen LogP contribution in [0.1, 0.15) is 42.0 Å². The van der Waals surface area contributed by atoms with Gasteiger partial charge in [0, 0.05) is 11.3 Å². The first-order valence-electron chi connectivity index (χ1n) is 8.19. The molecule has 2 aromatic rings.